The Labute approximate surface area is 87.0 Å². The highest BCUT2D eigenvalue weighted by molar-refractivity contribution is 5.65. The molecule has 0 saturated carbocycles. The van der Waals surface area contributed by atoms with E-state index in [0.29, 0.717) is 17.9 Å². The summed E-state index contributed by atoms with van der Waals surface area (Å²) in [5.41, 5.74) is 7.79. The van der Waals surface area contributed by atoms with Crippen molar-refractivity contribution in [3.63, 3.8) is 0 Å². The maximum Gasteiger partial charge on any atom is 0.125 e. The summed E-state index contributed by atoms with van der Waals surface area (Å²) in [4.78, 5) is 3.98. The lowest BCUT2D eigenvalue weighted by Gasteiger charge is -1.99. The fourth-order valence-corrected chi connectivity index (χ4v) is 1.40. The summed E-state index contributed by atoms with van der Waals surface area (Å²) in [6, 6.07) is 5.62. The molecule has 0 saturated heterocycles. The van der Waals surface area contributed by atoms with Crippen molar-refractivity contribution in [3.8, 4) is 17.2 Å². The monoisotopic (exact) mass is 199 g/mol. The van der Waals surface area contributed by atoms with Crippen LogP contribution >= 0.6 is 0 Å². The standard InChI is InChI=1S/C11H9N3O/c12-4-8-3-9(7-14-6-8)10-1-2-15-11(10)5-13/h1-3,6-7H,5,13H2. The molecule has 0 aliphatic rings. The number of nitriles is 1. The molecule has 0 aliphatic carbocycles. The van der Waals surface area contributed by atoms with Crippen LogP contribution in [0.5, 0.6) is 0 Å². The Balaban J connectivity index is 2.50. The van der Waals surface area contributed by atoms with Gasteiger partial charge in [-0.05, 0) is 12.1 Å². The second-order valence-electron chi connectivity index (χ2n) is 3.04. The molecule has 0 fully saturated rings. The van der Waals surface area contributed by atoms with Gasteiger partial charge in [0, 0.05) is 23.5 Å². The number of hydrogen-bond donors (Lipinski definition) is 1. The first kappa shape index (κ1) is 9.44. The van der Waals surface area contributed by atoms with Crippen LogP contribution in [0, 0.1) is 11.3 Å². The molecule has 0 bridgehead atoms. The normalized spacial score (nSPS) is 9.87. The zero-order valence-corrected chi connectivity index (χ0v) is 7.97. The number of furan rings is 1. The predicted molar refractivity (Wildman–Crippen MR) is 54.5 cm³/mol. The van der Waals surface area contributed by atoms with E-state index in [1.807, 2.05) is 12.1 Å². The zero-order chi connectivity index (χ0) is 10.7. The summed E-state index contributed by atoms with van der Waals surface area (Å²) >= 11 is 0. The van der Waals surface area contributed by atoms with Gasteiger partial charge in [-0.2, -0.15) is 5.26 Å². The van der Waals surface area contributed by atoms with Gasteiger partial charge in [0.25, 0.3) is 0 Å². The third-order valence-corrected chi connectivity index (χ3v) is 2.11. The van der Waals surface area contributed by atoms with E-state index < -0.39 is 0 Å². The van der Waals surface area contributed by atoms with Crippen molar-refractivity contribution in [2.75, 3.05) is 0 Å². The smallest absolute Gasteiger partial charge is 0.125 e. The largest absolute Gasteiger partial charge is 0.467 e. The molecule has 0 spiro atoms. The molecule has 0 aromatic carbocycles. The summed E-state index contributed by atoms with van der Waals surface area (Å²) in [5.74, 6) is 0.701. The molecule has 74 valence electrons. The average Bonchev–Trinajstić information content (AvgIpc) is 2.77. The molecule has 15 heavy (non-hydrogen) atoms. The molecule has 2 aromatic heterocycles. The van der Waals surface area contributed by atoms with E-state index in [2.05, 4.69) is 4.98 Å². The van der Waals surface area contributed by atoms with Crippen molar-refractivity contribution in [1.82, 2.24) is 4.98 Å². The van der Waals surface area contributed by atoms with Crippen LogP contribution in [-0.2, 0) is 6.54 Å². The van der Waals surface area contributed by atoms with Gasteiger partial charge in [0.05, 0.1) is 18.4 Å². The molecule has 4 heteroatoms. The van der Waals surface area contributed by atoms with Crippen LogP contribution in [0.15, 0.2) is 35.2 Å². The first-order valence-electron chi connectivity index (χ1n) is 4.47. The summed E-state index contributed by atoms with van der Waals surface area (Å²) in [7, 11) is 0. The topological polar surface area (TPSA) is 75.8 Å². The molecule has 0 aliphatic heterocycles. The quantitative estimate of drug-likeness (QED) is 0.798. The Morgan fingerprint density at radius 2 is 2.33 bits per heavy atom. The average molecular weight is 199 g/mol. The third kappa shape index (κ3) is 1.73. The zero-order valence-electron chi connectivity index (χ0n) is 7.97. The van der Waals surface area contributed by atoms with Crippen LogP contribution in [0.1, 0.15) is 11.3 Å². The van der Waals surface area contributed by atoms with Gasteiger partial charge in [-0.15, -0.1) is 0 Å². The molecule has 2 heterocycles. The second kappa shape index (κ2) is 3.95. The SMILES string of the molecule is N#Cc1cncc(-c2ccoc2CN)c1. The molecular formula is C11H9N3O. The van der Waals surface area contributed by atoms with Crippen LogP contribution < -0.4 is 5.73 Å². The highest BCUT2D eigenvalue weighted by Gasteiger charge is 2.07. The van der Waals surface area contributed by atoms with Crippen LogP contribution in [0.2, 0.25) is 0 Å². The maximum atomic E-state index is 8.75. The summed E-state index contributed by atoms with van der Waals surface area (Å²) in [6.45, 7) is 0.332. The number of aromatic nitrogens is 1. The molecule has 0 radical (unpaired) electrons. The minimum Gasteiger partial charge on any atom is -0.467 e. The number of pyridine rings is 1. The van der Waals surface area contributed by atoms with Crippen LogP contribution in [0.4, 0.5) is 0 Å². The lowest BCUT2D eigenvalue weighted by molar-refractivity contribution is 0.513. The third-order valence-electron chi connectivity index (χ3n) is 2.11. The van der Waals surface area contributed by atoms with Crippen molar-refractivity contribution in [3.05, 3.63) is 42.1 Å². The van der Waals surface area contributed by atoms with Crippen molar-refractivity contribution >= 4 is 0 Å². The van der Waals surface area contributed by atoms with Gasteiger partial charge >= 0.3 is 0 Å². The highest BCUT2D eigenvalue weighted by Crippen LogP contribution is 2.24. The van der Waals surface area contributed by atoms with Gasteiger partial charge in [0.15, 0.2) is 0 Å². The molecule has 0 unspecified atom stereocenters. The van der Waals surface area contributed by atoms with Crippen LogP contribution in [0.3, 0.4) is 0 Å². The predicted octanol–water partition coefficient (Wildman–Crippen LogP) is 1.67. The minimum absolute atomic E-state index is 0.332. The Hall–Kier alpha value is -2.12. The molecule has 0 amide bonds. The van der Waals surface area contributed by atoms with E-state index in [4.69, 9.17) is 15.4 Å². The lowest BCUT2D eigenvalue weighted by atomic mass is 10.1. The fraction of sp³-hybridized carbons (Fsp3) is 0.0909. The number of hydrogen-bond acceptors (Lipinski definition) is 4. The Morgan fingerprint density at radius 3 is 3.07 bits per heavy atom. The Bertz CT molecular complexity index is 511. The number of nitrogens with zero attached hydrogens (tertiary/aromatic N) is 2. The first-order valence-corrected chi connectivity index (χ1v) is 4.47. The van der Waals surface area contributed by atoms with E-state index in [1.165, 1.54) is 6.20 Å². The molecule has 2 aromatic rings. The molecule has 2 rings (SSSR count). The Morgan fingerprint density at radius 1 is 1.47 bits per heavy atom. The molecule has 2 N–H and O–H groups in total. The Kier molecular flexibility index (Phi) is 2.48. The van der Waals surface area contributed by atoms with E-state index in [1.54, 1.807) is 18.5 Å². The molecular weight excluding hydrogens is 190 g/mol. The minimum atomic E-state index is 0.332. The van der Waals surface area contributed by atoms with Crippen molar-refractivity contribution in [2.24, 2.45) is 5.73 Å². The van der Waals surface area contributed by atoms with Gasteiger partial charge < -0.3 is 10.2 Å². The molecule has 0 atom stereocenters. The van der Waals surface area contributed by atoms with E-state index in [-0.39, 0.29) is 0 Å². The van der Waals surface area contributed by atoms with E-state index in [9.17, 15) is 0 Å². The van der Waals surface area contributed by atoms with Crippen LogP contribution in [-0.4, -0.2) is 4.98 Å². The van der Waals surface area contributed by atoms with Gasteiger partial charge in [-0.3, -0.25) is 4.98 Å². The summed E-state index contributed by atoms with van der Waals surface area (Å²) in [5, 5.41) is 8.75. The van der Waals surface area contributed by atoms with E-state index in [0.717, 1.165) is 11.1 Å². The van der Waals surface area contributed by atoms with E-state index >= 15 is 0 Å². The first-order chi connectivity index (χ1) is 7.35. The number of rotatable bonds is 2. The fourth-order valence-electron chi connectivity index (χ4n) is 1.40. The van der Waals surface area contributed by atoms with Gasteiger partial charge in [-0.25, -0.2) is 0 Å². The summed E-state index contributed by atoms with van der Waals surface area (Å²) < 4.78 is 5.21. The van der Waals surface area contributed by atoms with Gasteiger partial charge in [0.1, 0.15) is 11.8 Å². The van der Waals surface area contributed by atoms with Crippen molar-refractivity contribution in [2.45, 2.75) is 6.54 Å². The van der Waals surface area contributed by atoms with Gasteiger partial charge in [-0.1, -0.05) is 0 Å². The summed E-state index contributed by atoms with van der Waals surface area (Å²) in [6.07, 6.45) is 4.78. The molecule has 4 nitrogen and oxygen atoms in total. The van der Waals surface area contributed by atoms with Crippen molar-refractivity contribution < 1.29 is 4.42 Å². The highest BCUT2D eigenvalue weighted by atomic mass is 16.3. The maximum absolute atomic E-state index is 8.75. The lowest BCUT2D eigenvalue weighted by Crippen LogP contribution is -1.96. The number of nitrogens with two attached hydrogens (primary N) is 1. The second-order valence-corrected chi connectivity index (χ2v) is 3.04. The van der Waals surface area contributed by atoms with Crippen molar-refractivity contribution in [1.29, 1.82) is 5.26 Å². The van der Waals surface area contributed by atoms with Gasteiger partial charge in [0.2, 0.25) is 0 Å². The van der Waals surface area contributed by atoms with Crippen LogP contribution in [0.25, 0.3) is 11.1 Å².